The van der Waals surface area contributed by atoms with Gasteiger partial charge in [-0.25, -0.2) is 23.1 Å². The fourth-order valence-corrected chi connectivity index (χ4v) is 5.24. The summed E-state index contributed by atoms with van der Waals surface area (Å²) in [6.45, 7) is 9.19. The molecule has 0 amide bonds. The lowest BCUT2D eigenvalue weighted by Crippen LogP contribution is -2.51. The zero-order valence-electron chi connectivity index (χ0n) is 21.9. The first-order chi connectivity index (χ1) is 18.2. The van der Waals surface area contributed by atoms with Gasteiger partial charge in [0.15, 0.2) is 5.65 Å². The molecule has 1 N–H and O–H groups in total. The number of likely N-dealkylation sites (N-methyl/N-ethyl adjacent to an activating group) is 1. The summed E-state index contributed by atoms with van der Waals surface area (Å²) in [4.78, 5) is 18.5. The van der Waals surface area contributed by atoms with Crippen LogP contribution < -0.4 is 10.1 Å². The minimum Gasteiger partial charge on any atom is -0.471 e. The van der Waals surface area contributed by atoms with Gasteiger partial charge in [-0.15, -0.1) is 6.58 Å². The summed E-state index contributed by atoms with van der Waals surface area (Å²) >= 11 is 0. The lowest BCUT2D eigenvalue weighted by molar-refractivity contribution is 0.0345. The number of benzene rings is 1. The van der Waals surface area contributed by atoms with Crippen molar-refractivity contribution in [1.82, 2.24) is 24.8 Å². The number of nitrogens with one attached hydrogen (secondary N) is 1. The van der Waals surface area contributed by atoms with Gasteiger partial charge in [-0.3, -0.25) is 4.90 Å². The van der Waals surface area contributed by atoms with E-state index in [0.29, 0.717) is 28.6 Å². The number of hydrogen-bond acceptors (Lipinski definition) is 7. The van der Waals surface area contributed by atoms with Crippen molar-refractivity contribution in [2.45, 2.75) is 44.3 Å². The maximum Gasteiger partial charge on any atom is 0.266 e. The molecule has 7 nitrogen and oxygen atoms in total. The number of alkyl halides is 2. The fourth-order valence-electron chi connectivity index (χ4n) is 5.24. The number of fused-ring (bicyclic) bond motifs is 1. The highest BCUT2D eigenvalue weighted by atomic mass is 19.3. The van der Waals surface area contributed by atoms with Gasteiger partial charge in [0, 0.05) is 24.2 Å². The van der Waals surface area contributed by atoms with Gasteiger partial charge in [0.1, 0.15) is 23.6 Å². The van der Waals surface area contributed by atoms with Gasteiger partial charge >= 0.3 is 0 Å². The molecular weight excluding hydrogens is 493 g/mol. The number of aryl methyl sites for hydroxylation is 1. The number of piperidine rings is 1. The first kappa shape index (κ1) is 26.4. The zero-order valence-corrected chi connectivity index (χ0v) is 21.9. The molecule has 0 saturated carbocycles. The number of likely N-dealkylation sites (tertiary alicyclic amines) is 2. The van der Waals surface area contributed by atoms with Crippen LogP contribution in [-0.2, 0) is 0 Å². The smallest absolute Gasteiger partial charge is 0.266 e. The second-order valence-corrected chi connectivity index (χ2v) is 10.3. The Morgan fingerprint density at radius 1 is 1.08 bits per heavy atom. The average molecular weight is 527 g/mol. The molecule has 3 aromatic rings. The Hall–Kier alpha value is -3.24. The van der Waals surface area contributed by atoms with Gasteiger partial charge in [0.25, 0.3) is 6.43 Å². The third-order valence-corrected chi connectivity index (χ3v) is 7.42. The maximum absolute atomic E-state index is 15.0. The Bertz CT molecular complexity index is 1320. The van der Waals surface area contributed by atoms with Crippen LogP contribution >= 0.6 is 0 Å². The zero-order chi connectivity index (χ0) is 27.0. The van der Waals surface area contributed by atoms with E-state index in [4.69, 9.17) is 9.72 Å². The number of anilines is 1. The van der Waals surface area contributed by atoms with E-state index in [1.807, 2.05) is 6.07 Å². The summed E-state index contributed by atoms with van der Waals surface area (Å²) < 4.78 is 48.1. The van der Waals surface area contributed by atoms with E-state index >= 15 is 0 Å². The number of halogens is 3. The van der Waals surface area contributed by atoms with Crippen LogP contribution in [0.4, 0.5) is 19.0 Å². The monoisotopic (exact) mass is 526 g/mol. The van der Waals surface area contributed by atoms with Crippen molar-refractivity contribution in [2.75, 3.05) is 45.6 Å². The van der Waals surface area contributed by atoms with Crippen molar-refractivity contribution in [2.24, 2.45) is 0 Å². The number of rotatable bonds is 8. The van der Waals surface area contributed by atoms with Crippen LogP contribution in [0.2, 0.25) is 0 Å². The first-order valence-electron chi connectivity index (χ1n) is 12.9. The summed E-state index contributed by atoms with van der Waals surface area (Å²) in [7, 11) is 4.17. The minimum absolute atomic E-state index is 0.0692. The van der Waals surface area contributed by atoms with E-state index in [0.717, 1.165) is 50.7 Å². The standard InChI is InChI=1S/C28H33F3N6O/c1-5-23(19-7-6-8-20(24(19)29)25(30)31)34-26-22-13-21(17-9-11-36(3)12-10-17)28(38-18-14-37(4)15-18)35-27(22)33-16(2)32-26/h5-8,13,17-18,23,25H,1,9-12,14-15H2,2-4H3,(H,32,33,34,35)/t23-/m1/s1. The van der Waals surface area contributed by atoms with Crippen LogP contribution in [0.3, 0.4) is 0 Å². The number of aromatic nitrogens is 3. The highest BCUT2D eigenvalue weighted by Gasteiger charge is 2.30. The summed E-state index contributed by atoms with van der Waals surface area (Å²) in [5.41, 5.74) is 0.898. The fraction of sp³-hybridized carbons (Fsp3) is 0.464. The van der Waals surface area contributed by atoms with Crippen LogP contribution in [0.15, 0.2) is 36.9 Å². The van der Waals surface area contributed by atoms with Crippen molar-refractivity contribution in [3.63, 3.8) is 0 Å². The van der Waals surface area contributed by atoms with E-state index in [2.05, 4.69) is 45.8 Å². The first-order valence-corrected chi connectivity index (χ1v) is 12.9. The highest BCUT2D eigenvalue weighted by molar-refractivity contribution is 5.88. The van der Waals surface area contributed by atoms with Crippen LogP contribution in [0.25, 0.3) is 11.0 Å². The molecule has 0 bridgehead atoms. The molecule has 1 aromatic carbocycles. The molecule has 5 rings (SSSR count). The van der Waals surface area contributed by atoms with Gasteiger partial charge in [0.2, 0.25) is 5.88 Å². The molecule has 0 unspecified atom stereocenters. The van der Waals surface area contributed by atoms with Crippen molar-refractivity contribution in [1.29, 1.82) is 0 Å². The van der Waals surface area contributed by atoms with Gasteiger partial charge in [-0.05, 0) is 58.9 Å². The molecule has 10 heteroatoms. The molecule has 0 radical (unpaired) electrons. The van der Waals surface area contributed by atoms with E-state index in [1.54, 1.807) is 6.92 Å². The molecular formula is C28H33F3N6O. The van der Waals surface area contributed by atoms with Crippen LogP contribution in [-0.4, -0.2) is 71.1 Å². The third-order valence-electron chi connectivity index (χ3n) is 7.42. The van der Waals surface area contributed by atoms with Gasteiger partial charge < -0.3 is 15.0 Å². The largest absolute Gasteiger partial charge is 0.471 e. The van der Waals surface area contributed by atoms with Crippen molar-refractivity contribution >= 4 is 16.9 Å². The van der Waals surface area contributed by atoms with E-state index < -0.39 is 23.8 Å². The molecule has 2 aromatic heterocycles. The molecule has 4 heterocycles. The molecule has 0 aliphatic carbocycles. The molecule has 202 valence electrons. The summed E-state index contributed by atoms with van der Waals surface area (Å²) in [6, 6.07) is 5.22. The maximum atomic E-state index is 15.0. The lowest BCUT2D eigenvalue weighted by Gasteiger charge is -2.37. The number of ether oxygens (including phenoxy) is 1. The molecule has 1 atom stereocenters. The summed E-state index contributed by atoms with van der Waals surface area (Å²) in [5.74, 6) is 0.821. The second kappa shape index (κ2) is 10.9. The Morgan fingerprint density at radius 3 is 2.45 bits per heavy atom. The van der Waals surface area contributed by atoms with Crippen LogP contribution in [0, 0.1) is 12.7 Å². The summed E-state index contributed by atoms with van der Waals surface area (Å²) in [5, 5.41) is 3.88. The normalized spacial score (nSPS) is 18.5. The Kier molecular flexibility index (Phi) is 7.54. The summed E-state index contributed by atoms with van der Waals surface area (Å²) in [6.07, 6.45) is 0.581. The van der Waals surface area contributed by atoms with Crippen LogP contribution in [0.1, 0.15) is 53.7 Å². The Labute approximate surface area is 220 Å². The van der Waals surface area contributed by atoms with Crippen molar-refractivity contribution < 1.29 is 17.9 Å². The number of nitrogens with zero attached hydrogens (tertiary/aromatic N) is 5. The van der Waals surface area contributed by atoms with Crippen LogP contribution in [0.5, 0.6) is 5.88 Å². The average Bonchev–Trinajstić information content (AvgIpc) is 2.86. The lowest BCUT2D eigenvalue weighted by atomic mass is 9.89. The van der Waals surface area contributed by atoms with Gasteiger partial charge in [0.05, 0.1) is 17.0 Å². The van der Waals surface area contributed by atoms with Crippen molar-refractivity contribution in [3.05, 3.63) is 65.3 Å². The molecule has 38 heavy (non-hydrogen) atoms. The topological polar surface area (TPSA) is 66.4 Å². The van der Waals surface area contributed by atoms with Crippen molar-refractivity contribution in [3.8, 4) is 5.88 Å². The molecule has 2 saturated heterocycles. The second-order valence-electron chi connectivity index (χ2n) is 10.3. The molecule has 0 spiro atoms. The molecule has 2 aliphatic heterocycles. The van der Waals surface area contributed by atoms with Gasteiger partial charge in [-0.1, -0.05) is 24.3 Å². The van der Waals surface area contributed by atoms with E-state index in [1.165, 1.54) is 18.2 Å². The SMILES string of the molecule is C=C[C@@H](Nc1nc(C)nc2nc(OC3CN(C)C3)c(C3CCN(C)CC3)cc12)c1cccc(C(F)F)c1F. The number of hydrogen-bond donors (Lipinski definition) is 1. The minimum atomic E-state index is -2.92. The Morgan fingerprint density at radius 2 is 1.79 bits per heavy atom. The number of pyridine rings is 1. The highest BCUT2D eigenvalue weighted by Crippen LogP contribution is 2.38. The molecule has 2 aliphatic rings. The predicted octanol–water partition coefficient (Wildman–Crippen LogP) is 5.25. The third kappa shape index (κ3) is 5.33. The predicted molar refractivity (Wildman–Crippen MR) is 141 cm³/mol. The van der Waals surface area contributed by atoms with Gasteiger partial charge in [-0.2, -0.15) is 4.98 Å². The van der Waals surface area contributed by atoms with E-state index in [-0.39, 0.29) is 17.6 Å². The quantitative estimate of drug-likeness (QED) is 0.402. The van der Waals surface area contributed by atoms with E-state index in [9.17, 15) is 13.2 Å². The Balaban J connectivity index is 1.56. The molecule has 2 fully saturated rings.